The van der Waals surface area contributed by atoms with Crippen LogP contribution in [0.15, 0.2) is 0 Å². The molecule has 0 fully saturated rings. The normalized spacial score (nSPS) is 13.8. The van der Waals surface area contributed by atoms with Crippen LogP contribution in [0.2, 0.25) is 0 Å². The largest absolute Gasteiger partial charge is 0.0654 e. The van der Waals surface area contributed by atoms with Crippen molar-refractivity contribution < 1.29 is 0 Å². The molecule has 1 radical (unpaired) electrons. The van der Waals surface area contributed by atoms with Gasteiger partial charge in [0, 0.05) is 0 Å². The molecule has 0 aliphatic carbocycles. The van der Waals surface area contributed by atoms with E-state index in [1.165, 1.54) is 64.2 Å². The molecule has 0 saturated heterocycles. The van der Waals surface area contributed by atoms with Gasteiger partial charge in [0.15, 0.2) is 0 Å². The summed E-state index contributed by atoms with van der Waals surface area (Å²) < 4.78 is 0. The fourth-order valence-electron chi connectivity index (χ4n) is 2.57. The fraction of sp³-hybridized carbons (Fsp3) is 0.944. The molecule has 0 aromatic carbocycles. The lowest BCUT2D eigenvalue weighted by Gasteiger charge is -2.31. The van der Waals surface area contributed by atoms with Crippen LogP contribution in [0.3, 0.4) is 0 Å². The highest BCUT2D eigenvalue weighted by molar-refractivity contribution is 4.82. The standard InChI is InChI=1S/C18H37/c1-6-8-9-10-11-12-13-14-15-16-18(4,5)17(3)7-2/h7,17H,6,8-16H2,1-5H3. The highest BCUT2D eigenvalue weighted by atomic mass is 14.3. The maximum Gasteiger partial charge on any atom is -0.0326 e. The molecular formula is C18H37. The van der Waals surface area contributed by atoms with E-state index in [1.807, 2.05) is 0 Å². The zero-order valence-electron chi connectivity index (χ0n) is 13.7. The molecule has 0 amide bonds. The van der Waals surface area contributed by atoms with Crippen molar-refractivity contribution in [2.24, 2.45) is 11.3 Å². The van der Waals surface area contributed by atoms with Crippen LogP contribution in [-0.4, -0.2) is 0 Å². The van der Waals surface area contributed by atoms with Gasteiger partial charge in [-0.05, 0) is 24.2 Å². The van der Waals surface area contributed by atoms with E-state index >= 15 is 0 Å². The zero-order valence-corrected chi connectivity index (χ0v) is 13.7. The van der Waals surface area contributed by atoms with Crippen molar-refractivity contribution in [3.63, 3.8) is 0 Å². The Morgan fingerprint density at radius 1 is 0.833 bits per heavy atom. The molecule has 0 aliphatic heterocycles. The fourth-order valence-corrected chi connectivity index (χ4v) is 2.57. The van der Waals surface area contributed by atoms with Gasteiger partial charge in [-0.3, -0.25) is 0 Å². The Hall–Kier alpha value is 0. The molecule has 0 aromatic heterocycles. The van der Waals surface area contributed by atoms with Crippen molar-refractivity contribution in [3.8, 4) is 0 Å². The molecule has 0 aliphatic rings. The predicted octanol–water partition coefficient (Wildman–Crippen LogP) is 6.79. The lowest BCUT2D eigenvalue weighted by molar-refractivity contribution is 0.231. The third kappa shape index (κ3) is 9.00. The summed E-state index contributed by atoms with van der Waals surface area (Å²) in [5, 5.41) is 0. The second kappa shape index (κ2) is 10.9. The Kier molecular flexibility index (Phi) is 10.9. The van der Waals surface area contributed by atoms with Gasteiger partial charge in [-0.1, -0.05) is 92.4 Å². The van der Waals surface area contributed by atoms with Crippen LogP contribution in [0.25, 0.3) is 0 Å². The van der Waals surface area contributed by atoms with E-state index in [0.717, 1.165) is 5.92 Å². The van der Waals surface area contributed by atoms with Crippen molar-refractivity contribution in [2.75, 3.05) is 0 Å². The van der Waals surface area contributed by atoms with Crippen LogP contribution in [0.4, 0.5) is 0 Å². The van der Waals surface area contributed by atoms with Crippen LogP contribution in [-0.2, 0) is 0 Å². The van der Waals surface area contributed by atoms with Crippen molar-refractivity contribution >= 4 is 0 Å². The van der Waals surface area contributed by atoms with Crippen molar-refractivity contribution in [2.45, 2.75) is 98.8 Å². The Morgan fingerprint density at radius 3 is 1.72 bits per heavy atom. The molecule has 0 rings (SSSR count). The average molecular weight is 253 g/mol. The van der Waals surface area contributed by atoms with Crippen LogP contribution >= 0.6 is 0 Å². The summed E-state index contributed by atoms with van der Waals surface area (Å²) >= 11 is 0. The van der Waals surface area contributed by atoms with Gasteiger partial charge >= 0.3 is 0 Å². The number of rotatable bonds is 12. The van der Waals surface area contributed by atoms with E-state index in [9.17, 15) is 0 Å². The SMILES string of the molecule is C[CH]C(C)C(C)(C)CCCCCCCCCCC. The van der Waals surface area contributed by atoms with Crippen molar-refractivity contribution in [3.05, 3.63) is 6.42 Å². The average Bonchev–Trinajstić information content (AvgIpc) is 2.35. The monoisotopic (exact) mass is 253 g/mol. The summed E-state index contributed by atoms with van der Waals surface area (Å²) in [4.78, 5) is 0. The highest BCUT2D eigenvalue weighted by Crippen LogP contribution is 2.34. The molecule has 0 bridgehead atoms. The number of unbranched alkanes of at least 4 members (excludes halogenated alkanes) is 8. The predicted molar refractivity (Wildman–Crippen MR) is 84.8 cm³/mol. The molecule has 0 nitrogen and oxygen atoms in total. The van der Waals surface area contributed by atoms with Crippen LogP contribution in [0.5, 0.6) is 0 Å². The second-order valence-electron chi connectivity index (χ2n) is 6.69. The lowest BCUT2D eigenvalue weighted by atomic mass is 9.75. The Bertz CT molecular complexity index is 169. The van der Waals surface area contributed by atoms with Crippen LogP contribution in [0, 0.1) is 17.8 Å². The van der Waals surface area contributed by atoms with Gasteiger partial charge in [-0.2, -0.15) is 0 Å². The first-order chi connectivity index (χ1) is 8.54. The summed E-state index contributed by atoms with van der Waals surface area (Å²) in [7, 11) is 0. The van der Waals surface area contributed by atoms with Gasteiger partial charge in [0.1, 0.15) is 0 Å². The summed E-state index contributed by atoms with van der Waals surface area (Å²) in [5.74, 6) is 0.742. The van der Waals surface area contributed by atoms with E-state index in [-0.39, 0.29) is 0 Å². The second-order valence-corrected chi connectivity index (χ2v) is 6.69. The van der Waals surface area contributed by atoms with E-state index < -0.39 is 0 Å². The summed E-state index contributed by atoms with van der Waals surface area (Å²) in [5.41, 5.74) is 0.496. The van der Waals surface area contributed by atoms with Gasteiger partial charge in [0.05, 0.1) is 0 Å². The van der Waals surface area contributed by atoms with E-state index in [1.54, 1.807) is 0 Å². The first-order valence-electron chi connectivity index (χ1n) is 8.34. The maximum atomic E-state index is 2.42. The molecule has 1 unspecified atom stereocenters. The lowest BCUT2D eigenvalue weighted by Crippen LogP contribution is -2.21. The zero-order chi connectivity index (χ0) is 13.9. The molecule has 0 aromatic rings. The topological polar surface area (TPSA) is 0 Å². The van der Waals surface area contributed by atoms with Gasteiger partial charge in [-0.25, -0.2) is 0 Å². The Morgan fingerprint density at radius 2 is 1.28 bits per heavy atom. The van der Waals surface area contributed by atoms with Crippen molar-refractivity contribution in [1.82, 2.24) is 0 Å². The molecule has 18 heavy (non-hydrogen) atoms. The molecule has 0 saturated carbocycles. The van der Waals surface area contributed by atoms with Crippen molar-refractivity contribution in [1.29, 1.82) is 0 Å². The third-order valence-electron chi connectivity index (χ3n) is 4.66. The van der Waals surface area contributed by atoms with Gasteiger partial charge in [-0.15, -0.1) is 0 Å². The van der Waals surface area contributed by atoms with E-state index in [4.69, 9.17) is 0 Å². The highest BCUT2D eigenvalue weighted by Gasteiger charge is 2.23. The first kappa shape index (κ1) is 18.0. The van der Waals surface area contributed by atoms with Crippen LogP contribution in [0.1, 0.15) is 98.8 Å². The van der Waals surface area contributed by atoms with Crippen LogP contribution < -0.4 is 0 Å². The summed E-state index contributed by atoms with van der Waals surface area (Å²) in [6.45, 7) is 11.7. The minimum Gasteiger partial charge on any atom is -0.0654 e. The summed E-state index contributed by atoms with van der Waals surface area (Å²) in [6.07, 6.45) is 16.7. The maximum absolute atomic E-state index is 2.42. The van der Waals surface area contributed by atoms with Gasteiger partial charge < -0.3 is 0 Å². The molecule has 0 heterocycles. The molecule has 0 spiro atoms. The molecule has 0 N–H and O–H groups in total. The minimum absolute atomic E-state index is 0.496. The number of hydrogen-bond acceptors (Lipinski definition) is 0. The Balaban J connectivity index is 3.34. The van der Waals surface area contributed by atoms with E-state index in [0.29, 0.717) is 5.41 Å². The molecule has 0 heteroatoms. The molecular weight excluding hydrogens is 216 g/mol. The van der Waals surface area contributed by atoms with Gasteiger partial charge in [0.2, 0.25) is 0 Å². The third-order valence-corrected chi connectivity index (χ3v) is 4.66. The quantitative estimate of drug-likeness (QED) is 0.336. The number of hydrogen-bond donors (Lipinski definition) is 0. The van der Waals surface area contributed by atoms with Gasteiger partial charge in [0.25, 0.3) is 0 Å². The molecule has 109 valence electrons. The summed E-state index contributed by atoms with van der Waals surface area (Å²) in [6, 6.07) is 0. The Labute approximate surface area is 117 Å². The van der Waals surface area contributed by atoms with E-state index in [2.05, 4.69) is 41.0 Å². The minimum atomic E-state index is 0.496. The smallest absolute Gasteiger partial charge is 0.0326 e. The first-order valence-corrected chi connectivity index (χ1v) is 8.34. The molecule has 1 atom stereocenters.